The smallest absolute Gasteiger partial charge is 0.0702 e. The Morgan fingerprint density at radius 2 is 0.682 bits per heavy atom. The molecule has 0 N–H and O–H groups in total. The van der Waals surface area contributed by atoms with Crippen molar-refractivity contribution < 1.29 is 0 Å². The predicted octanol–water partition coefficient (Wildman–Crippen LogP) is 10.6. The van der Waals surface area contributed by atoms with Gasteiger partial charge in [0.05, 0.1) is 27.8 Å². The van der Waals surface area contributed by atoms with Crippen molar-refractivity contribution in [1.29, 1.82) is 0 Å². The number of pyridine rings is 1. The molecule has 44 heavy (non-hydrogen) atoms. The van der Waals surface area contributed by atoms with Crippen LogP contribution in [0.1, 0.15) is 0 Å². The Morgan fingerprint density at radius 3 is 1.07 bits per heavy atom. The van der Waals surface area contributed by atoms with Gasteiger partial charge < -0.3 is 9.13 Å². The van der Waals surface area contributed by atoms with Crippen LogP contribution >= 0.6 is 0 Å². The SMILES string of the molecule is c1ccc2c(c1)c1ccccc1n2-c1ccc(-c2ccc(-c3ccc(-n4c5ccccc5c5ccccc54)cc3)nc2)cc1. The van der Waals surface area contributed by atoms with Crippen LogP contribution in [-0.2, 0) is 0 Å². The van der Waals surface area contributed by atoms with E-state index in [1.807, 2.05) is 6.20 Å². The van der Waals surface area contributed by atoms with Crippen molar-refractivity contribution in [1.82, 2.24) is 14.1 Å². The normalized spacial score (nSPS) is 11.6. The number of fused-ring (bicyclic) bond motifs is 6. The van der Waals surface area contributed by atoms with Crippen molar-refractivity contribution in [3.05, 3.63) is 164 Å². The first-order chi connectivity index (χ1) is 21.8. The van der Waals surface area contributed by atoms with Gasteiger partial charge in [-0.1, -0.05) is 103 Å². The second-order valence-electron chi connectivity index (χ2n) is 11.3. The highest BCUT2D eigenvalue weighted by Crippen LogP contribution is 2.34. The standard InChI is InChI=1S/C41H27N3/c1-5-13-38-33(9-1)34-10-2-6-14-39(34)43(38)31-22-17-28(18-23-31)30-21-26-37(42-27-30)29-19-24-32(25-20-29)44-40-15-7-3-11-35(40)36-12-4-8-16-41(36)44/h1-27H. The lowest BCUT2D eigenvalue weighted by Crippen LogP contribution is -1.94. The summed E-state index contributed by atoms with van der Waals surface area (Å²) in [5, 5.41) is 5.09. The molecule has 0 saturated carbocycles. The van der Waals surface area contributed by atoms with Gasteiger partial charge in [-0.15, -0.1) is 0 Å². The molecule has 6 aromatic carbocycles. The number of aromatic nitrogens is 3. The lowest BCUT2D eigenvalue weighted by atomic mass is 10.1. The molecule has 0 spiro atoms. The van der Waals surface area contributed by atoms with Crippen LogP contribution in [0.15, 0.2) is 164 Å². The molecule has 0 fully saturated rings. The molecule has 0 atom stereocenters. The van der Waals surface area contributed by atoms with Gasteiger partial charge in [-0.25, -0.2) is 0 Å². The van der Waals surface area contributed by atoms with Gasteiger partial charge in [0.1, 0.15) is 0 Å². The molecule has 3 heteroatoms. The van der Waals surface area contributed by atoms with Gasteiger partial charge in [-0.05, 0) is 60.2 Å². The molecule has 0 saturated heterocycles. The highest BCUT2D eigenvalue weighted by atomic mass is 15.0. The summed E-state index contributed by atoms with van der Waals surface area (Å²) in [6.07, 6.45) is 1.98. The van der Waals surface area contributed by atoms with Gasteiger partial charge in [0.2, 0.25) is 0 Å². The summed E-state index contributed by atoms with van der Waals surface area (Å²) in [6.45, 7) is 0. The number of nitrogens with zero attached hydrogens (tertiary/aromatic N) is 3. The van der Waals surface area contributed by atoms with Crippen LogP contribution in [0.3, 0.4) is 0 Å². The average Bonchev–Trinajstić information content (AvgIpc) is 3.62. The Morgan fingerprint density at radius 1 is 0.318 bits per heavy atom. The predicted molar refractivity (Wildman–Crippen MR) is 184 cm³/mol. The quantitative estimate of drug-likeness (QED) is 0.210. The first-order valence-electron chi connectivity index (χ1n) is 15.0. The van der Waals surface area contributed by atoms with Crippen molar-refractivity contribution in [3.8, 4) is 33.8 Å². The third-order valence-corrected chi connectivity index (χ3v) is 8.80. The highest BCUT2D eigenvalue weighted by Gasteiger charge is 2.13. The van der Waals surface area contributed by atoms with Crippen molar-refractivity contribution in [2.24, 2.45) is 0 Å². The zero-order valence-electron chi connectivity index (χ0n) is 23.9. The third-order valence-electron chi connectivity index (χ3n) is 8.80. The Bertz CT molecular complexity index is 2180. The average molecular weight is 562 g/mol. The van der Waals surface area contributed by atoms with Gasteiger partial charge in [-0.3, -0.25) is 4.98 Å². The second-order valence-corrected chi connectivity index (χ2v) is 11.3. The zero-order chi connectivity index (χ0) is 29.0. The molecule has 3 nitrogen and oxygen atoms in total. The van der Waals surface area contributed by atoms with E-state index in [0.717, 1.165) is 33.8 Å². The van der Waals surface area contributed by atoms with Crippen molar-refractivity contribution in [2.45, 2.75) is 0 Å². The third kappa shape index (κ3) is 3.80. The summed E-state index contributed by atoms with van der Waals surface area (Å²) in [5.41, 5.74) is 11.5. The van der Waals surface area contributed by atoms with E-state index in [9.17, 15) is 0 Å². The minimum Gasteiger partial charge on any atom is -0.309 e. The maximum atomic E-state index is 4.86. The zero-order valence-corrected chi connectivity index (χ0v) is 23.9. The van der Waals surface area contributed by atoms with Crippen LogP contribution in [0.4, 0.5) is 0 Å². The highest BCUT2D eigenvalue weighted by molar-refractivity contribution is 6.10. The van der Waals surface area contributed by atoms with Crippen molar-refractivity contribution >= 4 is 43.6 Å². The van der Waals surface area contributed by atoms with Gasteiger partial charge >= 0.3 is 0 Å². The fourth-order valence-electron chi connectivity index (χ4n) is 6.72. The molecule has 206 valence electrons. The minimum absolute atomic E-state index is 0.962. The van der Waals surface area contributed by atoms with Crippen LogP contribution in [0.2, 0.25) is 0 Å². The van der Waals surface area contributed by atoms with E-state index in [-0.39, 0.29) is 0 Å². The van der Waals surface area contributed by atoms with Gasteiger partial charge in [0, 0.05) is 50.2 Å². The summed E-state index contributed by atoms with van der Waals surface area (Å²) in [5.74, 6) is 0. The molecular weight excluding hydrogens is 534 g/mol. The van der Waals surface area contributed by atoms with E-state index in [1.165, 1.54) is 43.6 Å². The molecule has 0 radical (unpaired) electrons. The molecule has 0 amide bonds. The van der Waals surface area contributed by atoms with Crippen LogP contribution in [0.25, 0.3) is 77.4 Å². The Hall–Kier alpha value is -5.93. The first-order valence-corrected chi connectivity index (χ1v) is 15.0. The lowest BCUT2D eigenvalue weighted by molar-refractivity contribution is 1.18. The monoisotopic (exact) mass is 561 g/mol. The van der Waals surface area contributed by atoms with Gasteiger partial charge in [-0.2, -0.15) is 0 Å². The summed E-state index contributed by atoms with van der Waals surface area (Å²) in [7, 11) is 0. The van der Waals surface area contributed by atoms with Gasteiger partial charge in [0.15, 0.2) is 0 Å². The Kier molecular flexibility index (Phi) is 5.50. The summed E-state index contributed by atoms with van der Waals surface area (Å²) in [6, 6.07) is 56.2. The van der Waals surface area contributed by atoms with Crippen molar-refractivity contribution in [3.63, 3.8) is 0 Å². The second kappa shape index (κ2) is 9.82. The van der Waals surface area contributed by atoms with Gasteiger partial charge in [0.25, 0.3) is 0 Å². The van der Waals surface area contributed by atoms with Crippen molar-refractivity contribution in [2.75, 3.05) is 0 Å². The van der Waals surface area contributed by atoms with Crippen LogP contribution in [0.5, 0.6) is 0 Å². The number of hydrogen-bond acceptors (Lipinski definition) is 1. The minimum atomic E-state index is 0.962. The molecule has 9 rings (SSSR count). The maximum Gasteiger partial charge on any atom is 0.0702 e. The molecule has 0 aliphatic heterocycles. The molecule has 0 aliphatic carbocycles. The van der Waals surface area contributed by atoms with E-state index >= 15 is 0 Å². The van der Waals surface area contributed by atoms with E-state index in [4.69, 9.17) is 4.98 Å². The van der Waals surface area contributed by atoms with E-state index in [2.05, 4.69) is 167 Å². The van der Waals surface area contributed by atoms with Crippen LogP contribution in [0, 0.1) is 0 Å². The number of hydrogen-bond donors (Lipinski definition) is 0. The first kappa shape index (κ1) is 24.6. The maximum absolute atomic E-state index is 4.86. The Balaban J connectivity index is 1.02. The van der Waals surface area contributed by atoms with Crippen LogP contribution < -0.4 is 0 Å². The molecule has 0 aliphatic rings. The number of rotatable bonds is 4. The van der Waals surface area contributed by atoms with Crippen LogP contribution in [-0.4, -0.2) is 14.1 Å². The molecule has 0 unspecified atom stereocenters. The molecule has 3 heterocycles. The largest absolute Gasteiger partial charge is 0.309 e. The molecular formula is C41H27N3. The summed E-state index contributed by atoms with van der Waals surface area (Å²) < 4.78 is 4.69. The Labute approximate surface area is 254 Å². The molecule has 9 aromatic rings. The van der Waals surface area contributed by atoms with E-state index in [0.29, 0.717) is 0 Å². The fourth-order valence-corrected chi connectivity index (χ4v) is 6.72. The summed E-state index contributed by atoms with van der Waals surface area (Å²) in [4.78, 5) is 4.86. The summed E-state index contributed by atoms with van der Waals surface area (Å²) >= 11 is 0. The molecule has 0 bridgehead atoms. The topological polar surface area (TPSA) is 22.8 Å². The van der Waals surface area contributed by atoms with E-state index < -0.39 is 0 Å². The number of para-hydroxylation sites is 4. The van der Waals surface area contributed by atoms with E-state index in [1.54, 1.807) is 0 Å². The number of benzene rings is 6. The molecule has 3 aromatic heterocycles. The lowest BCUT2D eigenvalue weighted by Gasteiger charge is -2.10. The fraction of sp³-hybridized carbons (Fsp3) is 0.